The number of nitrogens with one attached hydrogen (secondary N) is 1. The van der Waals surface area contributed by atoms with E-state index in [-0.39, 0.29) is 5.91 Å². The average Bonchev–Trinajstić information content (AvgIpc) is 2.08. The molecule has 0 bridgehead atoms. The maximum Gasteiger partial charge on any atom is 0.224 e. The SMILES string of the molecule is Cc1cc2c(cc1Br)[C@H](C)CC(=O)N2. The number of carbonyl (C=O) groups excluding carboxylic acids is 1. The zero-order valence-electron chi connectivity index (χ0n) is 8.23. The fraction of sp³-hybridized carbons (Fsp3) is 0.364. The van der Waals surface area contributed by atoms with Crippen molar-refractivity contribution in [1.82, 2.24) is 0 Å². The molecule has 0 aliphatic carbocycles. The molecule has 1 amide bonds. The maximum absolute atomic E-state index is 11.3. The monoisotopic (exact) mass is 253 g/mol. The van der Waals surface area contributed by atoms with Crippen LogP contribution in [0.15, 0.2) is 16.6 Å². The van der Waals surface area contributed by atoms with Crippen molar-refractivity contribution < 1.29 is 4.79 Å². The summed E-state index contributed by atoms with van der Waals surface area (Å²) in [7, 11) is 0. The Kier molecular flexibility index (Phi) is 2.35. The van der Waals surface area contributed by atoms with Crippen LogP contribution in [0, 0.1) is 6.92 Å². The first-order valence-corrected chi connectivity index (χ1v) is 5.47. The lowest BCUT2D eigenvalue weighted by Crippen LogP contribution is -2.21. The summed E-state index contributed by atoms with van der Waals surface area (Å²) in [6.45, 7) is 4.11. The van der Waals surface area contributed by atoms with E-state index < -0.39 is 0 Å². The molecule has 1 aromatic rings. The van der Waals surface area contributed by atoms with Crippen LogP contribution in [0.1, 0.15) is 30.4 Å². The molecule has 3 heteroatoms. The summed E-state index contributed by atoms with van der Waals surface area (Å²) >= 11 is 3.50. The van der Waals surface area contributed by atoms with Gasteiger partial charge in [0, 0.05) is 16.6 Å². The molecule has 0 fully saturated rings. The molecule has 1 atom stereocenters. The van der Waals surface area contributed by atoms with Crippen molar-refractivity contribution in [3.05, 3.63) is 27.7 Å². The van der Waals surface area contributed by atoms with Crippen LogP contribution in [-0.2, 0) is 4.79 Å². The molecule has 0 unspecified atom stereocenters. The van der Waals surface area contributed by atoms with E-state index in [0.29, 0.717) is 12.3 Å². The summed E-state index contributed by atoms with van der Waals surface area (Å²) in [5, 5.41) is 2.90. The Morgan fingerprint density at radius 1 is 1.50 bits per heavy atom. The van der Waals surface area contributed by atoms with E-state index in [1.807, 2.05) is 13.0 Å². The Hall–Kier alpha value is -0.830. The van der Waals surface area contributed by atoms with Crippen LogP contribution >= 0.6 is 15.9 Å². The quantitative estimate of drug-likeness (QED) is 0.756. The normalized spacial score (nSPS) is 20.2. The summed E-state index contributed by atoms with van der Waals surface area (Å²) in [6.07, 6.45) is 0.586. The number of aryl methyl sites for hydroxylation is 1. The highest BCUT2D eigenvalue weighted by Crippen LogP contribution is 2.35. The molecule has 2 rings (SSSR count). The lowest BCUT2D eigenvalue weighted by Gasteiger charge is -2.23. The molecule has 0 saturated heterocycles. The van der Waals surface area contributed by atoms with Gasteiger partial charge in [0.05, 0.1) is 0 Å². The highest BCUT2D eigenvalue weighted by molar-refractivity contribution is 9.10. The van der Waals surface area contributed by atoms with E-state index in [1.54, 1.807) is 0 Å². The van der Waals surface area contributed by atoms with Gasteiger partial charge in [0.15, 0.2) is 0 Å². The molecule has 0 radical (unpaired) electrons. The number of carbonyl (C=O) groups is 1. The fourth-order valence-electron chi connectivity index (χ4n) is 1.80. The third kappa shape index (κ3) is 1.57. The maximum atomic E-state index is 11.3. The minimum absolute atomic E-state index is 0.117. The van der Waals surface area contributed by atoms with Gasteiger partial charge >= 0.3 is 0 Å². The van der Waals surface area contributed by atoms with Crippen molar-refractivity contribution in [2.45, 2.75) is 26.2 Å². The van der Waals surface area contributed by atoms with Crippen LogP contribution in [0.25, 0.3) is 0 Å². The van der Waals surface area contributed by atoms with E-state index in [1.165, 1.54) is 5.56 Å². The number of rotatable bonds is 0. The van der Waals surface area contributed by atoms with E-state index in [2.05, 4.69) is 34.2 Å². The third-order valence-corrected chi connectivity index (χ3v) is 3.48. The Bertz CT molecular complexity index is 401. The minimum atomic E-state index is 0.117. The van der Waals surface area contributed by atoms with Crippen LogP contribution < -0.4 is 5.32 Å². The zero-order valence-corrected chi connectivity index (χ0v) is 9.81. The second kappa shape index (κ2) is 3.39. The van der Waals surface area contributed by atoms with Gasteiger partial charge in [-0.3, -0.25) is 4.79 Å². The topological polar surface area (TPSA) is 29.1 Å². The molecule has 2 nitrogen and oxygen atoms in total. The number of amides is 1. The first-order chi connectivity index (χ1) is 6.58. The van der Waals surface area contributed by atoms with Crippen LogP contribution in [0.4, 0.5) is 5.69 Å². The van der Waals surface area contributed by atoms with Crippen molar-refractivity contribution in [2.24, 2.45) is 0 Å². The number of hydrogen-bond acceptors (Lipinski definition) is 1. The molecule has 1 N–H and O–H groups in total. The molecule has 1 heterocycles. The molecule has 1 aliphatic rings. The smallest absolute Gasteiger partial charge is 0.224 e. The van der Waals surface area contributed by atoms with Gasteiger partial charge in [-0.15, -0.1) is 0 Å². The average molecular weight is 254 g/mol. The lowest BCUT2D eigenvalue weighted by molar-refractivity contribution is -0.116. The van der Waals surface area contributed by atoms with Crippen molar-refractivity contribution >= 4 is 27.5 Å². The third-order valence-electron chi connectivity index (χ3n) is 2.63. The highest BCUT2D eigenvalue weighted by Gasteiger charge is 2.22. The van der Waals surface area contributed by atoms with Gasteiger partial charge in [-0.05, 0) is 36.1 Å². The summed E-state index contributed by atoms with van der Waals surface area (Å²) in [5.74, 6) is 0.433. The molecular formula is C11H12BrNO. The first-order valence-electron chi connectivity index (χ1n) is 4.68. The Morgan fingerprint density at radius 3 is 2.93 bits per heavy atom. The Labute approximate surface area is 91.8 Å². The van der Waals surface area contributed by atoms with Gasteiger partial charge < -0.3 is 5.32 Å². The number of hydrogen-bond donors (Lipinski definition) is 1. The predicted octanol–water partition coefficient (Wildman–Crippen LogP) is 3.20. The first kappa shape index (κ1) is 9.71. The van der Waals surface area contributed by atoms with Crippen LogP contribution in [-0.4, -0.2) is 5.91 Å². The zero-order chi connectivity index (χ0) is 10.3. The number of benzene rings is 1. The molecular weight excluding hydrogens is 242 g/mol. The van der Waals surface area contributed by atoms with Crippen LogP contribution in [0.3, 0.4) is 0 Å². The van der Waals surface area contributed by atoms with E-state index in [4.69, 9.17) is 0 Å². The van der Waals surface area contributed by atoms with Crippen LogP contribution in [0.5, 0.6) is 0 Å². The predicted molar refractivity (Wildman–Crippen MR) is 60.5 cm³/mol. The van der Waals surface area contributed by atoms with Crippen molar-refractivity contribution in [3.8, 4) is 0 Å². The molecule has 74 valence electrons. The molecule has 1 aromatic carbocycles. The summed E-state index contributed by atoms with van der Waals surface area (Å²) in [4.78, 5) is 11.3. The van der Waals surface area contributed by atoms with Crippen molar-refractivity contribution in [2.75, 3.05) is 5.32 Å². The largest absolute Gasteiger partial charge is 0.326 e. The second-order valence-electron chi connectivity index (χ2n) is 3.84. The molecule has 1 aliphatic heterocycles. The van der Waals surface area contributed by atoms with Crippen molar-refractivity contribution in [1.29, 1.82) is 0 Å². The number of halogens is 1. The van der Waals surface area contributed by atoms with Gasteiger partial charge in [-0.2, -0.15) is 0 Å². The highest BCUT2D eigenvalue weighted by atomic mass is 79.9. The number of anilines is 1. The molecule has 14 heavy (non-hydrogen) atoms. The summed E-state index contributed by atoms with van der Waals surface area (Å²) < 4.78 is 1.11. The Morgan fingerprint density at radius 2 is 2.21 bits per heavy atom. The second-order valence-corrected chi connectivity index (χ2v) is 4.70. The fourth-order valence-corrected chi connectivity index (χ4v) is 2.16. The van der Waals surface area contributed by atoms with Crippen molar-refractivity contribution in [3.63, 3.8) is 0 Å². The van der Waals surface area contributed by atoms with Crippen LogP contribution in [0.2, 0.25) is 0 Å². The molecule has 0 aromatic heterocycles. The minimum Gasteiger partial charge on any atom is -0.326 e. The van der Waals surface area contributed by atoms with Gasteiger partial charge in [0.1, 0.15) is 0 Å². The van der Waals surface area contributed by atoms with E-state index in [0.717, 1.165) is 15.7 Å². The van der Waals surface area contributed by atoms with Gasteiger partial charge in [-0.1, -0.05) is 22.9 Å². The summed E-state index contributed by atoms with van der Waals surface area (Å²) in [6, 6.07) is 4.13. The number of fused-ring (bicyclic) bond motifs is 1. The Balaban J connectivity index is 2.54. The van der Waals surface area contributed by atoms with Gasteiger partial charge in [-0.25, -0.2) is 0 Å². The molecule has 0 saturated carbocycles. The summed E-state index contributed by atoms with van der Waals surface area (Å²) in [5.41, 5.74) is 3.34. The standard InChI is InChI=1S/C11H12BrNO/c1-6-4-11(14)13-10-3-7(2)9(12)5-8(6)10/h3,5-6H,4H2,1-2H3,(H,13,14)/t6-/m1/s1. The molecule has 0 spiro atoms. The van der Waals surface area contributed by atoms with E-state index in [9.17, 15) is 4.79 Å². The lowest BCUT2D eigenvalue weighted by atomic mass is 9.91. The van der Waals surface area contributed by atoms with E-state index >= 15 is 0 Å². The van der Waals surface area contributed by atoms with Gasteiger partial charge in [0.2, 0.25) is 5.91 Å². The van der Waals surface area contributed by atoms with Gasteiger partial charge in [0.25, 0.3) is 0 Å².